The van der Waals surface area contributed by atoms with Crippen LogP contribution in [-0.2, 0) is 22.1 Å². The number of aromatic nitrogens is 3. The smallest absolute Gasteiger partial charge is 0.266 e. The van der Waals surface area contributed by atoms with Crippen LogP contribution in [0.15, 0.2) is 28.2 Å². The van der Waals surface area contributed by atoms with Gasteiger partial charge in [-0.2, -0.15) is 0 Å². The standard InChI is InChI=1S/C12H13Cl2N3O3S/c1-2-5-17-11(18)15-16-12(17)21(19,20)7-8-3-4-9(13)6-10(8)14/h3-4,6H,2,5,7H2,1H3,(H,15,18). The first-order chi connectivity index (χ1) is 9.85. The molecule has 0 aliphatic carbocycles. The van der Waals surface area contributed by atoms with Gasteiger partial charge in [0.25, 0.3) is 5.16 Å². The van der Waals surface area contributed by atoms with E-state index in [1.807, 2.05) is 6.92 Å². The fourth-order valence-electron chi connectivity index (χ4n) is 1.87. The molecule has 9 heteroatoms. The van der Waals surface area contributed by atoms with Crippen LogP contribution >= 0.6 is 23.2 Å². The molecule has 0 spiro atoms. The van der Waals surface area contributed by atoms with E-state index in [-0.39, 0.29) is 22.5 Å². The lowest BCUT2D eigenvalue weighted by Crippen LogP contribution is -2.21. The molecule has 0 fully saturated rings. The van der Waals surface area contributed by atoms with E-state index in [1.54, 1.807) is 6.07 Å². The average molecular weight is 350 g/mol. The molecule has 2 aromatic rings. The Kier molecular flexibility index (Phi) is 4.75. The highest BCUT2D eigenvalue weighted by Crippen LogP contribution is 2.24. The summed E-state index contributed by atoms with van der Waals surface area (Å²) in [5, 5.41) is 6.18. The lowest BCUT2D eigenvalue weighted by atomic mass is 10.2. The highest BCUT2D eigenvalue weighted by atomic mass is 35.5. The Hall–Kier alpha value is -1.31. The van der Waals surface area contributed by atoms with Gasteiger partial charge in [-0.15, -0.1) is 5.10 Å². The highest BCUT2D eigenvalue weighted by molar-refractivity contribution is 7.90. The van der Waals surface area contributed by atoms with E-state index >= 15 is 0 Å². The summed E-state index contributed by atoms with van der Waals surface area (Å²) in [6, 6.07) is 4.57. The van der Waals surface area contributed by atoms with Crippen molar-refractivity contribution in [3.8, 4) is 0 Å². The summed E-state index contributed by atoms with van der Waals surface area (Å²) >= 11 is 11.8. The zero-order chi connectivity index (χ0) is 15.6. The van der Waals surface area contributed by atoms with Crippen LogP contribution in [0.4, 0.5) is 0 Å². The fourth-order valence-corrected chi connectivity index (χ4v) is 3.91. The molecule has 21 heavy (non-hydrogen) atoms. The number of benzene rings is 1. The zero-order valence-corrected chi connectivity index (χ0v) is 13.5. The molecule has 0 amide bonds. The number of nitrogens with zero attached hydrogens (tertiary/aromatic N) is 2. The van der Waals surface area contributed by atoms with Crippen LogP contribution in [0.2, 0.25) is 10.0 Å². The fraction of sp³-hybridized carbons (Fsp3) is 0.333. The van der Waals surface area contributed by atoms with E-state index in [2.05, 4.69) is 10.2 Å². The summed E-state index contributed by atoms with van der Waals surface area (Å²) in [5.41, 5.74) is -0.141. The predicted octanol–water partition coefficient (Wildman–Crippen LogP) is 2.26. The van der Waals surface area contributed by atoms with Crippen molar-refractivity contribution in [2.45, 2.75) is 30.8 Å². The average Bonchev–Trinajstić information content (AvgIpc) is 2.76. The molecule has 0 aliphatic heterocycles. The van der Waals surface area contributed by atoms with Gasteiger partial charge in [0.1, 0.15) is 0 Å². The maximum absolute atomic E-state index is 12.4. The summed E-state index contributed by atoms with van der Waals surface area (Å²) in [4.78, 5) is 11.6. The Morgan fingerprint density at radius 1 is 1.33 bits per heavy atom. The third-order valence-corrected chi connectivity index (χ3v) is 4.96. The van der Waals surface area contributed by atoms with Gasteiger partial charge in [0.15, 0.2) is 0 Å². The SMILES string of the molecule is CCCn1c(S(=O)(=O)Cc2ccc(Cl)cc2Cl)n[nH]c1=O. The molecule has 1 aromatic heterocycles. The number of sulfone groups is 1. The molecule has 0 saturated heterocycles. The van der Waals surface area contributed by atoms with E-state index < -0.39 is 15.5 Å². The van der Waals surface area contributed by atoms with E-state index in [0.717, 1.165) is 4.57 Å². The van der Waals surface area contributed by atoms with Crippen molar-refractivity contribution in [3.63, 3.8) is 0 Å². The molecule has 6 nitrogen and oxygen atoms in total. The first-order valence-electron chi connectivity index (χ1n) is 6.17. The lowest BCUT2D eigenvalue weighted by Gasteiger charge is -2.07. The molecule has 1 N–H and O–H groups in total. The van der Waals surface area contributed by atoms with E-state index in [1.165, 1.54) is 12.1 Å². The van der Waals surface area contributed by atoms with Crippen molar-refractivity contribution in [2.24, 2.45) is 0 Å². The minimum atomic E-state index is -3.79. The normalized spacial score (nSPS) is 11.8. The Labute approximate surface area is 131 Å². The Morgan fingerprint density at radius 2 is 2.05 bits per heavy atom. The molecular weight excluding hydrogens is 337 g/mol. The molecule has 0 atom stereocenters. The van der Waals surface area contributed by atoms with Crippen molar-refractivity contribution in [3.05, 3.63) is 44.3 Å². The summed E-state index contributed by atoms with van der Waals surface area (Å²) in [6.45, 7) is 2.12. The molecule has 114 valence electrons. The number of nitrogens with one attached hydrogen (secondary N) is 1. The Bertz CT molecular complexity index is 811. The third kappa shape index (κ3) is 3.48. The second-order valence-corrected chi connectivity index (χ2v) is 7.18. The Morgan fingerprint density at radius 3 is 2.67 bits per heavy atom. The summed E-state index contributed by atoms with van der Waals surface area (Å²) in [6.07, 6.45) is 0.615. The van der Waals surface area contributed by atoms with Gasteiger partial charge in [-0.25, -0.2) is 18.3 Å². The van der Waals surface area contributed by atoms with Crippen molar-refractivity contribution in [1.82, 2.24) is 14.8 Å². The van der Waals surface area contributed by atoms with Gasteiger partial charge in [0.2, 0.25) is 9.84 Å². The molecule has 0 unspecified atom stereocenters. The summed E-state index contributed by atoms with van der Waals surface area (Å²) in [5.74, 6) is -0.350. The van der Waals surface area contributed by atoms with Crippen molar-refractivity contribution in [1.29, 1.82) is 0 Å². The van der Waals surface area contributed by atoms with E-state index in [9.17, 15) is 13.2 Å². The second-order valence-electron chi connectivity index (χ2n) is 4.46. The zero-order valence-electron chi connectivity index (χ0n) is 11.1. The van der Waals surface area contributed by atoms with E-state index in [0.29, 0.717) is 17.0 Å². The van der Waals surface area contributed by atoms with Gasteiger partial charge in [0, 0.05) is 16.6 Å². The topological polar surface area (TPSA) is 84.8 Å². The largest absolute Gasteiger partial charge is 0.344 e. The quantitative estimate of drug-likeness (QED) is 0.896. The molecular formula is C12H13Cl2N3O3S. The first-order valence-corrected chi connectivity index (χ1v) is 8.58. The van der Waals surface area contributed by atoms with Crippen LogP contribution in [0, 0.1) is 0 Å². The van der Waals surface area contributed by atoms with Crippen LogP contribution in [0.1, 0.15) is 18.9 Å². The van der Waals surface area contributed by atoms with Crippen LogP contribution in [-0.4, -0.2) is 23.2 Å². The number of hydrogen-bond acceptors (Lipinski definition) is 4. The van der Waals surface area contributed by atoms with Gasteiger partial charge < -0.3 is 0 Å². The summed E-state index contributed by atoms with van der Waals surface area (Å²) in [7, 11) is -3.79. The predicted molar refractivity (Wildman–Crippen MR) is 80.5 cm³/mol. The minimum absolute atomic E-state index is 0.256. The van der Waals surface area contributed by atoms with Crippen LogP contribution in [0.25, 0.3) is 0 Å². The van der Waals surface area contributed by atoms with Gasteiger partial charge in [0.05, 0.1) is 5.75 Å². The van der Waals surface area contributed by atoms with Crippen LogP contribution < -0.4 is 5.69 Å². The molecule has 0 aliphatic rings. The van der Waals surface area contributed by atoms with Crippen molar-refractivity contribution in [2.75, 3.05) is 0 Å². The van der Waals surface area contributed by atoms with Crippen LogP contribution in [0.5, 0.6) is 0 Å². The first kappa shape index (κ1) is 16.1. The number of hydrogen-bond donors (Lipinski definition) is 1. The van der Waals surface area contributed by atoms with Gasteiger partial charge >= 0.3 is 5.69 Å². The van der Waals surface area contributed by atoms with Gasteiger partial charge in [-0.1, -0.05) is 36.2 Å². The number of aromatic amines is 1. The number of rotatable bonds is 5. The maximum atomic E-state index is 12.4. The minimum Gasteiger partial charge on any atom is -0.266 e. The van der Waals surface area contributed by atoms with Gasteiger partial charge in [-0.3, -0.25) is 4.57 Å². The second kappa shape index (κ2) is 6.21. The molecule has 2 rings (SSSR count). The van der Waals surface area contributed by atoms with Crippen molar-refractivity contribution >= 4 is 33.0 Å². The monoisotopic (exact) mass is 349 g/mol. The maximum Gasteiger partial charge on any atom is 0.344 e. The molecule has 1 heterocycles. The van der Waals surface area contributed by atoms with E-state index in [4.69, 9.17) is 23.2 Å². The molecule has 0 radical (unpaired) electrons. The van der Waals surface area contributed by atoms with Gasteiger partial charge in [-0.05, 0) is 24.1 Å². The molecule has 1 aromatic carbocycles. The Balaban J connectivity index is 2.41. The van der Waals surface area contributed by atoms with Crippen LogP contribution in [0.3, 0.4) is 0 Å². The molecule has 0 saturated carbocycles. The highest BCUT2D eigenvalue weighted by Gasteiger charge is 2.24. The van der Waals surface area contributed by atoms with Crippen molar-refractivity contribution < 1.29 is 8.42 Å². The summed E-state index contributed by atoms with van der Waals surface area (Å²) < 4.78 is 25.9. The lowest BCUT2D eigenvalue weighted by molar-refractivity contribution is 0.550. The molecule has 0 bridgehead atoms. The number of halogens is 2. The number of H-pyrrole nitrogens is 1. The third-order valence-electron chi connectivity index (χ3n) is 2.81.